The zero-order valence-corrected chi connectivity index (χ0v) is 13.5. The Bertz CT molecular complexity index is 813. The second-order valence-electron chi connectivity index (χ2n) is 4.13. The topological polar surface area (TPSA) is 51.5 Å². The molecule has 0 saturated carbocycles. The monoisotopic (exact) mass is 348 g/mol. The molecule has 0 amide bonds. The van der Waals surface area contributed by atoms with Crippen molar-refractivity contribution in [1.29, 1.82) is 0 Å². The van der Waals surface area contributed by atoms with Crippen molar-refractivity contribution in [3.63, 3.8) is 0 Å². The van der Waals surface area contributed by atoms with Crippen molar-refractivity contribution < 1.29 is 9.63 Å². The van der Waals surface area contributed by atoms with Crippen molar-refractivity contribution in [1.82, 2.24) is 4.98 Å². The van der Waals surface area contributed by atoms with E-state index in [2.05, 4.69) is 16.2 Å². The Morgan fingerprint density at radius 3 is 2.91 bits per heavy atom. The quantitative estimate of drug-likeness (QED) is 0.297. The number of halogens is 1. The van der Waals surface area contributed by atoms with Crippen LogP contribution in [0.25, 0.3) is 9.75 Å². The van der Waals surface area contributed by atoms with Crippen molar-refractivity contribution in [3.05, 3.63) is 63.6 Å². The highest BCUT2D eigenvalue weighted by Crippen LogP contribution is 2.30. The lowest BCUT2D eigenvalue weighted by Crippen LogP contribution is -2.02. The van der Waals surface area contributed by atoms with Crippen LogP contribution in [-0.4, -0.2) is 17.2 Å². The molecule has 4 nitrogen and oxygen atoms in total. The highest BCUT2D eigenvalue weighted by atomic mass is 35.5. The smallest absolute Gasteiger partial charge is 0.313 e. The van der Waals surface area contributed by atoms with Crippen LogP contribution in [0.1, 0.15) is 15.2 Å². The van der Waals surface area contributed by atoms with Crippen LogP contribution in [0.4, 0.5) is 0 Å². The van der Waals surface area contributed by atoms with Gasteiger partial charge in [-0.1, -0.05) is 22.8 Å². The first-order valence-electron chi connectivity index (χ1n) is 6.23. The number of thiophene rings is 2. The van der Waals surface area contributed by atoms with E-state index in [1.54, 1.807) is 28.7 Å². The molecule has 7 heteroatoms. The van der Waals surface area contributed by atoms with E-state index in [9.17, 15) is 4.79 Å². The van der Waals surface area contributed by atoms with Gasteiger partial charge in [-0.2, -0.15) is 0 Å². The molecule has 22 heavy (non-hydrogen) atoms. The first-order chi connectivity index (χ1) is 10.7. The number of aromatic nitrogens is 1. The molecule has 3 heterocycles. The second kappa shape index (κ2) is 6.83. The SMILES string of the molecule is O=C(O/N=C\c1ccc(-c2cccs2)s1)c1cccnc1Cl. The fourth-order valence-corrected chi connectivity index (χ4v) is 3.59. The number of oxime groups is 1. The van der Waals surface area contributed by atoms with Crippen LogP contribution in [0, 0.1) is 0 Å². The number of hydrogen-bond acceptors (Lipinski definition) is 6. The van der Waals surface area contributed by atoms with Crippen molar-refractivity contribution in [2.24, 2.45) is 5.16 Å². The van der Waals surface area contributed by atoms with Gasteiger partial charge in [0.15, 0.2) is 0 Å². The van der Waals surface area contributed by atoms with Crippen LogP contribution in [0.3, 0.4) is 0 Å². The Morgan fingerprint density at radius 1 is 1.23 bits per heavy atom. The molecule has 0 N–H and O–H groups in total. The van der Waals surface area contributed by atoms with Crippen LogP contribution < -0.4 is 0 Å². The first kappa shape index (κ1) is 14.9. The number of pyridine rings is 1. The van der Waals surface area contributed by atoms with E-state index in [4.69, 9.17) is 16.4 Å². The van der Waals surface area contributed by atoms with Crippen molar-refractivity contribution in [3.8, 4) is 9.75 Å². The molecule has 0 spiro atoms. The third kappa shape index (κ3) is 3.41. The third-order valence-corrected chi connectivity index (χ3v) is 5.07. The summed E-state index contributed by atoms with van der Waals surface area (Å²) in [5.74, 6) is -0.635. The van der Waals surface area contributed by atoms with Crippen LogP contribution >= 0.6 is 34.3 Å². The molecule has 0 radical (unpaired) electrons. The van der Waals surface area contributed by atoms with Gasteiger partial charge in [0.05, 0.1) is 11.8 Å². The Hall–Kier alpha value is -2.02. The molecule has 0 bridgehead atoms. The number of rotatable bonds is 4. The van der Waals surface area contributed by atoms with Gasteiger partial charge in [-0.15, -0.1) is 22.7 Å². The number of carbonyl (C=O) groups excluding carboxylic acids is 1. The Morgan fingerprint density at radius 2 is 2.14 bits per heavy atom. The summed E-state index contributed by atoms with van der Waals surface area (Å²) in [4.78, 5) is 23.7. The molecule has 0 aliphatic carbocycles. The van der Waals surface area contributed by atoms with E-state index in [0.717, 1.165) is 9.75 Å². The van der Waals surface area contributed by atoms with Gasteiger partial charge in [-0.3, -0.25) is 0 Å². The van der Waals surface area contributed by atoms with Crippen LogP contribution in [0.15, 0.2) is 53.1 Å². The van der Waals surface area contributed by atoms with Gasteiger partial charge in [0.1, 0.15) is 5.15 Å². The van der Waals surface area contributed by atoms with Gasteiger partial charge in [0.25, 0.3) is 0 Å². The molecule has 0 atom stereocenters. The van der Waals surface area contributed by atoms with Crippen LogP contribution in [0.2, 0.25) is 5.15 Å². The lowest BCUT2D eigenvalue weighted by Gasteiger charge is -1.98. The van der Waals surface area contributed by atoms with E-state index in [-0.39, 0.29) is 10.7 Å². The van der Waals surface area contributed by atoms with Gasteiger partial charge in [-0.25, -0.2) is 9.78 Å². The molecule has 0 aromatic carbocycles. The van der Waals surface area contributed by atoms with E-state index in [1.807, 2.05) is 23.6 Å². The minimum Gasteiger partial charge on any atom is -0.313 e. The molecule has 3 aromatic heterocycles. The van der Waals surface area contributed by atoms with Gasteiger partial charge in [0.2, 0.25) is 0 Å². The fraction of sp³-hybridized carbons (Fsp3) is 0. The minimum absolute atomic E-state index is 0.0961. The predicted octanol–water partition coefficient (Wildman–Crippen LogP) is 4.72. The van der Waals surface area contributed by atoms with Gasteiger partial charge in [0, 0.05) is 20.8 Å². The van der Waals surface area contributed by atoms with E-state index in [1.165, 1.54) is 23.4 Å². The summed E-state index contributed by atoms with van der Waals surface area (Å²) in [6, 6.07) is 11.1. The van der Waals surface area contributed by atoms with Crippen molar-refractivity contribution in [2.75, 3.05) is 0 Å². The lowest BCUT2D eigenvalue weighted by atomic mass is 10.3. The molecular formula is C15H9ClN2O2S2. The minimum atomic E-state index is -0.635. The maximum Gasteiger partial charge on any atom is 0.368 e. The zero-order chi connectivity index (χ0) is 15.4. The van der Waals surface area contributed by atoms with E-state index < -0.39 is 5.97 Å². The maximum atomic E-state index is 11.8. The third-order valence-electron chi connectivity index (χ3n) is 2.69. The number of hydrogen-bond donors (Lipinski definition) is 0. The summed E-state index contributed by atoms with van der Waals surface area (Å²) in [5.41, 5.74) is 0.187. The Kier molecular flexibility index (Phi) is 4.62. The summed E-state index contributed by atoms with van der Waals surface area (Å²) in [6.07, 6.45) is 3.00. The average molecular weight is 349 g/mol. The molecule has 0 fully saturated rings. The highest BCUT2D eigenvalue weighted by molar-refractivity contribution is 7.22. The largest absolute Gasteiger partial charge is 0.368 e. The first-order valence-corrected chi connectivity index (χ1v) is 8.30. The molecule has 0 saturated heterocycles. The molecule has 3 rings (SSSR count). The summed E-state index contributed by atoms with van der Waals surface area (Å²) in [7, 11) is 0. The standard InChI is InChI=1S/C15H9ClN2O2S2/c16-14-11(3-1-7-17-14)15(19)20-18-9-10-5-6-13(22-10)12-4-2-8-21-12/h1-9H/b18-9-. The molecule has 0 aliphatic heterocycles. The summed E-state index contributed by atoms with van der Waals surface area (Å²) >= 11 is 9.06. The highest BCUT2D eigenvalue weighted by Gasteiger charge is 2.12. The molecular weight excluding hydrogens is 340 g/mol. The van der Waals surface area contributed by atoms with E-state index >= 15 is 0 Å². The predicted molar refractivity (Wildman–Crippen MR) is 89.9 cm³/mol. The summed E-state index contributed by atoms with van der Waals surface area (Å²) in [5, 5.41) is 5.83. The molecule has 0 unspecified atom stereocenters. The average Bonchev–Trinajstić information content (AvgIpc) is 3.18. The number of nitrogens with zero attached hydrogens (tertiary/aromatic N) is 2. The summed E-state index contributed by atoms with van der Waals surface area (Å²) < 4.78 is 0. The fourth-order valence-electron chi connectivity index (χ4n) is 1.69. The Balaban J connectivity index is 1.65. The normalized spacial score (nSPS) is 11.0. The van der Waals surface area contributed by atoms with Crippen molar-refractivity contribution in [2.45, 2.75) is 0 Å². The van der Waals surface area contributed by atoms with Crippen molar-refractivity contribution >= 4 is 46.5 Å². The lowest BCUT2D eigenvalue weighted by molar-refractivity contribution is 0.0519. The molecule has 110 valence electrons. The van der Waals surface area contributed by atoms with Gasteiger partial charge in [-0.05, 0) is 35.7 Å². The van der Waals surface area contributed by atoms with Gasteiger partial charge < -0.3 is 4.84 Å². The van der Waals surface area contributed by atoms with E-state index in [0.29, 0.717) is 0 Å². The number of carbonyl (C=O) groups is 1. The maximum absolute atomic E-state index is 11.8. The summed E-state index contributed by atoms with van der Waals surface area (Å²) in [6.45, 7) is 0. The Labute approximate surface area is 139 Å². The molecule has 0 aliphatic rings. The second-order valence-corrected chi connectivity index (χ2v) is 6.56. The van der Waals surface area contributed by atoms with Crippen LogP contribution in [-0.2, 0) is 4.84 Å². The van der Waals surface area contributed by atoms with Crippen LogP contribution in [0.5, 0.6) is 0 Å². The van der Waals surface area contributed by atoms with Gasteiger partial charge >= 0.3 is 5.97 Å². The molecule has 3 aromatic rings. The zero-order valence-electron chi connectivity index (χ0n) is 11.1.